The van der Waals surface area contributed by atoms with Gasteiger partial charge in [0.25, 0.3) is 5.91 Å². The zero-order chi connectivity index (χ0) is 21.5. The summed E-state index contributed by atoms with van der Waals surface area (Å²) in [5, 5.41) is 6.68. The lowest BCUT2D eigenvalue weighted by atomic mass is 9.94. The second kappa shape index (κ2) is 7.46. The molecule has 3 aromatic rings. The van der Waals surface area contributed by atoms with Crippen molar-refractivity contribution < 1.29 is 19.1 Å². The maximum absolute atomic E-state index is 13.2. The third-order valence-electron chi connectivity index (χ3n) is 5.93. The van der Waals surface area contributed by atoms with E-state index in [1.54, 1.807) is 43.5 Å². The Morgan fingerprint density at radius 1 is 1.10 bits per heavy atom. The van der Waals surface area contributed by atoms with E-state index in [2.05, 4.69) is 10.1 Å². The van der Waals surface area contributed by atoms with Crippen LogP contribution in [0.1, 0.15) is 16.8 Å². The van der Waals surface area contributed by atoms with Gasteiger partial charge in [0.05, 0.1) is 27.0 Å². The molecule has 158 valence electrons. The van der Waals surface area contributed by atoms with Crippen molar-refractivity contribution in [1.29, 1.82) is 0 Å². The summed E-state index contributed by atoms with van der Waals surface area (Å²) in [5.74, 6) is 0.930. The molecule has 0 unspecified atom stereocenters. The van der Waals surface area contributed by atoms with E-state index in [1.807, 2.05) is 24.3 Å². The molecule has 1 fully saturated rings. The summed E-state index contributed by atoms with van der Waals surface area (Å²) < 4.78 is 10.6. The highest BCUT2D eigenvalue weighted by Crippen LogP contribution is 2.32. The molecular formula is C23H22N4O4. The largest absolute Gasteiger partial charge is 0.497 e. The first-order valence-electron chi connectivity index (χ1n) is 10.0. The Hall–Kier alpha value is -3.81. The van der Waals surface area contributed by atoms with Gasteiger partial charge in [0, 0.05) is 34.6 Å². The summed E-state index contributed by atoms with van der Waals surface area (Å²) in [5.41, 5.74) is 3.81. The lowest BCUT2D eigenvalue weighted by molar-refractivity contribution is -0.157. The van der Waals surface area contributed by atoms with Crippen molar-refractivity contribution in [2.75, 3.05) is 20.8 Å². The number of hydrogen-bond acceptors (Lipinski definition) is 5. The molecule has 8 heteroatoms. The van der Waals surface area contributed by atoms with E-state index < -0.39 is 6.04 Å². The Morgan fingerprint density at radius 2 is 1.94 bits per heavy atom. The third-order valence-corrected chi connectivity index (χ3v) is 5.93. The number of hydrazone groups is 1. The number of aromatic nitrogens is 1. The molecule has 1 aromatic heterocycles. The predicted molar refractivity (Wildman–Crippen MR) is 115 cm³/mol. The second-order valence-corrected chi connectivity index (χ2v) is 7.62. The van der Waals surface area contributed by atoms with Gasteiger partial charge in [0.1, 0.15) is 24.1 Å². The minimum absolute atomic E-state index is 0.0835. The zero-order valence-corrected chi connectivity index (χ0v) is 17.3. The van der Waals surface area contributed by atoms with Crippen LogP contribution < -0.4 is 9.47 Å². The van der Waals surface area contributed by atoms with Crippen molar-refractivity contribution in [3.8, 4) is 11.5 Å². The highest BCUT2D eigenvalue weighted by atomic mass is 16.5. The molecule has 0 spiro atoms. The van der Waals surface area contributed by atoms with Crippen molar-refractivity contribution in [1.82, 2.24) is 14.9 Å². The lowest BCUT2D eigenvalue weighted by Crippen LogP contribution is -2.60. The Morgan fingerprint density at radius 3 is 2.74 bits per heavy atom. The van der Waals surface area contributed by atoms with Gasteiger partial charge < -0.3 is 19.4 Å². The molecule has 5 rings (SSSR count). The Bertz CT molecular complexity index is 1220. The number of nitrogens with one attached hydrogen (secondary N) is 1. The topological polar surface area (TPSA) is 87.2 Å². The highest BCUT2D eigenvalue weighted by Gasteiger charge is 2.43. The van der Waals surface area contributed by atoms with Gasteiger partial charge in [-0.25, -0.2) is 5.01 Å². The number of fused-ring (bicyclic) bond motifs is 4. The first-order chi connectivity index (χ1) is 15.1. The number of nitrogens with zero attached hydrogens (tertiary/aromatic N) is 3. The molecule has 8 nitrogen and oxygen atoms in total. The molecule has 0 radical (unpaired) electrons. The number of amides is 2. The lowest BCUT2D eigenvalue weighted by Gasteiger charge is -2.40. The number of carbonyl (C=O) groups is 2. The van der Waals surface area contributed by atoms with Crippen LogP contribution in [0.5, 0.6) is 11.5 Å². The van der Waals surface area contributed by atoms with Crippen molar-refractivity contribution in [2.45, 2.75) is 19.0 Å². The van der Waals surface area contributed by atoms with Crippen LogP contribution in [-0.2, 0) is 22.6 Å². The first-order valence-corrected chi connectivity index (χ1v) is 10.0. The van der Waals surface area contributed by atoms with Crippen molar-refractivity contribution in [2.24, 2.45) is 5.10 Å². The van der Waals surface area contributed by atoms with Gasteiger partial charge in [0.2, 0.25) is 5.91 Å². The fourth-order valence-corrected chi connectivity index (χ4v) is 4.31. The predicted octanol–water partition coefficient (Wildman–Crippen LogP) is 2.31. The van der Waals surface area contributed by atoms with Gasteiger partial charge >= 0.3 is 0 Å². The minimum Gasteiger partial charge on any atom is -0.497 e. The van der Waals surface area contributed by atoms with Crippen molar-refractivity contribution in [3.63, 3.8) is 0 Å². The van der Waals surface area contributed by atoms with Crippen LogP contribution in [0.3, 0.4) is 0 Å². The van der Waals surface area contributed by atoms with Crippen LogP contribution in [0.4, 0.5) is 0 Å². The van der Waals surface area contributed by atoms with Crippen LogP contribution >= 0.6 is 0 Å². The van der Waals surface area contributed by atoms with Gasteiger partial charge in [-0.1, -0.05) is 18.2 Å². The molecular weight excluding hydrogens is 396 g/mol. The summed E-state index contributed by atoms with van der Waals surface area (Å²) in [7, 11) is 3.13. The zero-order valence-electron chi connectivity index (χ0n) is 17.3. The van der Waals surface area contributed by atoms with Crippen molar-refractivity contribution in [3.05, 3.63) is 59.3 Å². The molecule has 1 N–H and O–H groups in total. The summed E-state index contributed by atoms with van der Waals surface area (Å²) in [6.45, 7) is 0.322. The van der Waals surface area contributed by atoms with Crippen LogP contribution in [0, 0.1) is 0 Å². The fraction of sp³-hybridized carbons (Fsp3) is 0.261. The maximum atomic E-state index is 13.2. The number of carbonyl (C=O) groups excluding carboxylic acids is 2. The number of piperazine rings is 1. The fourth-order valence-electron chi connectivity index (χ4n) is 4.31. The van der Waals surface area contributed by atoms with Crippen LogP contribution in [0.2, 0.25) is 0 Å². The van der Waals surface area contributed by atoms with Crippen molar-refractivity contribution >= 4 is 28.9 Å². The summed E-state index contributed by atoms with van der Waals surface area (Å²) in [6.07, 6.45) is 2.01. The van der Waals surface area contributed by atoms with E-state index in [-0.39, 0.29) is 18.4 Å². The minimum atomic E-state index is -0.553. The molecule has 1 atom stereocenters. The average molecular weight is 418 g/mol. The van der Waals surface area contributed by atoms with Gasteiger partial charge in [-0.2, -0.15) is 5.10 Å². The Balaban J connectivity index is 1.42. The molecule has 2 aromatic carbocycles. The molecule has 0 saturated carbocycles. The monoisotopic (exact) mass is 418 g/mol. The molecule has 3 heterocycles. The van der Waals surface area contributed by atoms with Crippen LogP contribution in [0.25, 0.3) is 10.9 Å². The third kappa shape index (κ3) is 3.20. The average Bonchev–Trinajstić information content (AvgIpc) is 3.17. The molecule has 31 heavy (non-hydrogen) atoms. The van der Waals surface area contributed by atoms with E-state index >= 15 is 0 Å². The summed E-state index contributed by atoms with van der Waals surface area (Å²) >= 11 is 0. The quantitative estimate of drug-likeness (QED) is 0.659. The Labute approximate surface area is 179 Å². The molecule has 1 saturated heterocycles. The summed E-state index contributed by atoms with van der Waals surface area (Å²) in [4.78, 5) is 31.1. The standard InChI is InChI=1S/C23H22N4O4/c1-30-15-8-7-14(21(9-15)31-2)11-24-27-13-22(28)26-12-19-17(10-20(26)23(27)29)16-5-3-4-6-18(16)25-19/h3-9,11,20,25H,10,12-13H2,1-2H3/b24-11+/t20-/m1/s1. The smallest absolute Gasteiger partial charge is 0.266 e. The summed E-state index contributed by atoms with van der Waals surface area (Å²) in [6, 6.07) is 12.8. The van der Waals surface area contributed by atoms with Gasteiger partial charge in [0.15, 0.2) is 0 Å². The normalized spacial score (nSPS) is 18.5. The van der Waals surface area contributed by atoms with Gasteiger partial charge in [-0.3, -0.25) is 9.59 Å². The van der Waals surface area contributed by atoms with Crippen LogP contribution in [0.15, 0.2) is 47.6 Å². The highest BCUT2D eigenvalue weighted by molar-refractivity contribution is 5.97. The number of ether oxygens (including phenoxy) is 2. The van der Waals surface area contributed by atoms with E-state index in [1.165, 1.54) is 5.01 Å². The number of para-hydroxylation sites is 1. The van der Waals surface area contributed by atoms with E-state index in [4.69, 9.17) is 9.47 Å². The van der Waals surface area contributed by atoms with E-state index in [9.17, 15) is 9.59 Å². The molecule has 2 aliphatic heterocycles. The number of H-pyrrole nitrogens is 1. The maximum Gasteiger partial charge on any atom is 0.266 e. The first kappa shape index (κ1) is 19.2. The number of rotatable bonds is 4. The molecule has 0 bridgehead atoms. The number of hydrogen-bond donors (Lipinski definition) is 1. The second-order valence-electron chi connectivity index (χ2n) is 7.62. The van der Waals surface area contributed by atoms with E-state index in [0.717, 1.165) is 22.2 Å². The van der Waals surface area contributed by atoms with Crippen LogP contribution in [-0.4, -0.2) is 59.7 Å². The number of benzene rings is 2. The molecule has 2 amide bonds. The van der Waals surface area contributed by atoms with E-state index in [0.29, 0.717) is 30.0 Å². The molecule has 0 aliphatic carbocycles. The van der Waals surface area contributed by atoms with Gasteiger partial charge in [-0.05, 0) is 23.8 Å². The Kier molecular flexibility index (Phi) is 4.62. The van der Waals surface area contributed by atoms with Gasteiger partial charge in [-0.15, -0.1) is 0 Å². The SMILES string of the molecule is COc1ccc(/C=N/N2CC(=O)N3Cc4[nH]c5ccccc5c4C[C@@H]3C2=O)c(OC)c1. The number of methoxy groups -OCH3 is 2. The molecule has 2 aliphatic rings. The number of aromatic amines is 1.